The largest absolute Gasteiger partial charge is 0.287 e. The Hall–Kier alpha value is -2.03. The first-order valence-electron chi connectivity index (χ1n) is 6.51. The van der Waals surface area contributed by atoms with Crippen LogP contribution < -0.4 is 0 Å². The Morgan fingerprint density at radius 2 is 1.89 bits per heavy atom. The smallest absolute Gasteiger partial charge is 0.214 e. The third-order valence-corrected chi connectivity index (χ3v) is 3.72. The van der Waals surface area contributed by atoms with Crippen molar-refractivity contribution in [2.75, 3.05) is 0 Å². The molecule has 0 radical (unpaired) electrons. The lowest BCUT2D eigenvalue weighted by molar-refractivity contribution is 0.103. The van der Waals surface area contributed by atoms with Crippen LogP contribution in [0.1, 0.15) is 46.8 Å². The van der Waals surface area contributed by atoms with Gasteiger partial charge in [-0.25, -0.2) is 9.37 Å². The number of hydrogen-bond donors (Lipinski definition) is 0. The van der Waals surface area contributed by atoms with Crippen LogP contribution in [0.15, 0.2) is 42.6 Å². The second-order valence-corrected chi connectivity index (χ2v) is 4.91. The lowest BCUT2D eigenvalue weighted by Gasteiger charge is -2.25. The maximum atomic E-state index is 13.5. The van der Waals surface area contributed by atoms with Crippen molar-refractivity contribution in [1.29, 1.82) is 0 Å². The van der Waals surface area contributed by atoms with Crippen molar-refractivity contribution in [3.05, 3.63) is 65.2 Å². The van der Waals surface area contributed by atoms with Gasteiger partial charge >= 0.3 is 0 Å². The standard InChI is InChI=1S/C16H14FNO/c17-14-5-2-10-18-15(14)16(19)13-8-6-12(7-9-13)11-3-1-4-11/h2,5-11H,1,3-4H2. The molecule has 0 spiro atoms. The molecule has 0 N–H and O–H groups in total. The fourth-order valence-corrected chi connectivity index (χ4v) is 2.34. The summed E-state index contributed by atoms with van der Waals surface area (Å²) in [6.07, 6.45) is 5.16. The lowest BCUT2D eigenvalue weighted by atomic mass is 9.80. The zero-order valence-electron chi connectivity index (χ0n) is 10.5. The second-order valence-electron chi connectivity index (χ2n) is 4.91. The van der Waals surface area contributed by atoms with E-state index in [2.05, 4.69) is 4.98 Å². The van der Waals surface area contributed by atoms with E-state index in [-0.39, 0.29) is 11.5 Å². The summed E-state index contributed by atoms with van der Waals surface area (Å²) in [5.41, 5.74) is 1.64. The van der Waals surface area contributed by atoms with Gasteiger partial charge in [-0.1, -0.05) is 30.7 Å². The second kappa shape index (κ2) is 4.92. The van der Waals surface area contributed by atoms with Gasteiger partial charge in [0.15, 0.2) is 5.82 Å². The van der Waals surface area contributed by atoms with Crippen molar-refractivity contribution in [2.45, 2.75) is 25.2 Å². The van der Waals surface area contributed by atoms with Crippen molar-refractivity contribution in [2.24, 2.45) is 0 Å². The van der Waals surface area contributed by atoms with Crippen LogP contribution in [-0.4, -0.2) is 10.8 Å². The maximum absolute atomic E-state index is 13.5. The van der Waals surface area contributed by atoms with E-state index in [0.717, 1.165) is 0 Å². The molecule has 3 rings (SSSR count). The van der Waals surface area contributed by atoms with E-state index in [1.165, 1.54) is 43.2 Å². The summed E-state index contributed by atoms with van der Waals surface area (Å²) in [5, 5.41) is 0. The van der Waals surface area contributed by atoms with Gasteiger partial charge in [0, 0.05) is 11.8 Å². The molecule has 3 heteroatoms. The highest BCUT2D eigenvalue weighted by molar-refractivity contribution is 6.07. The first-order chi connectivity index (χ1) is 9.25. The highest BCUT2D eigenvalue weighted by Crippen LogP contribution is 2.36. The number of ketones is 1. The minimum Gasteiger partial charge on any atom is -0.287 e. The fraction of sp³-hybridized carbons (Fsp3) is 0.250. The molecule has 0 bridgehead atoms. The van der Waals surface area contributed by atoms with Crippen LogP contribution in [0.2, 0.25) is 0 Å². The predicted octanol–water partition coefficient (Wildman–Crippen LogP) is 3.72. The maximum Gasteiger partial charge on any atom is 0.214 e. The average molecular weight is 255 g/mol. The molecule has 1 aliphatic rings. The molecule has 2 nitrogen and oxygen atoms in total. The Morgan fingerprint density at radius 3 is 2.47 bits per heavy atom. The normalized spacial score (nSPS) is 15.0. The molecule has 96 valence electrons. The van der Waals surface area contributed by atoms with Gasteiger partial charge in [-0.15, -0.1) is 0 Å². The summed E-state index contributed by atoms with van der Waals surface area (Å²) >= 11 is 0. The van der Waals surface area contributed by atoms with Crippen molar-refractivity contribution in [1.82, 2.24) is 4.98 Å². The Labute approximate surface area is 111 Å². The van der Waals surface area contributed by atoms with Gasteiger partial charge in [-0.05, 0) is 36.5 Å². The highest BCUT2D eigenvalue weighted by atomic mass is 19.1. The Bertz CT molecular complexity index is 602. The van der Waals surface area contributed by atoms with Gasteiger partial charge in [0.1, 0.15) is 5.69 Å². The number of pyridine rings is 1. The van der Waals surface area contributed by atoms with Gasteiger partial charge < -0.3 is 0 Å². The molecule has 1 heterocycles. The third kappa shape index (κ3) is 2.28. The van der Waals surface area contributed by atoms with Crippen LogP contribution in [0, 0.1) is 5.82 Å². The van der Waals surface area contributed by atoms with E-state index in [1.54, 1.807) is 12.1 Å². The van der Waals surface area contributed by atoms with Gasteiger partial charge in [-0.2, -0.15) is 0 Å². The van der Waals surface area contributed by atoms with Gasteiger partial charge in [0.2, 0.25) is 5.78 Å². The van der Waals surface area contributed by atoms with Crippen LogP contribution >= 0.6 is 0 Å². The summed E-state index contributed by atoms with van der Waals surface area (Å²) in [6.45, 7) is 0. The molecule has 2 aromatic rings. The molecule has 0 saturated heterocycles. The molecule has 19 heavy (non-hydrogen) atoms. The number of nitrogens with zero attached hydrogens (tertiary/aromatic N) is 1. The highest BCUT2D eigenvalue weighted by Gasteiger charge is 2.20. The number of halogens is 1. The van der Waals surface area contributed by atoms with Gasteiger partial charge in [0.05, 0.1) is 0 Å². The number of carbonyl (C=O) groups excluding carboxylic acids is 1. The molecule has 1 saturated carbocycles. The molecular formula is C16H14FNO. The van der Waals surface area contributed by atoms with Gasteiger partial charge in [-0.3, -0.25) is 4.79 Å². The van der Waals surface area contributed by atoms with E-state index in [9.17, 15) is 9.18 Å². The van der Waals surface area contributed by atoms with Crippen LogP contribution in [0.25, 0.3) is 0 Å². The zero-order valence-corrected chi connectivity index (χ0v) is 10.5. The summed E-state index contributed by atoms with van der Waals surface area (Å²) in [5.74, 6) is -0.301. The quantitative estimate of drug-likeness (QED) is 0.782. The molecule has 1 aliphatic carbocycles. The van der Waals surface area contributed by atoms with Gasteiger partial charge in [0.25, 0.3) is 0 Å². The van der Waals surface area contributed by atoms with Crippen LogP contribution in [0.3, 0.4) is 0 Å². The summed E-state index contributed by atoms with van der Waals surface area (Å²) < 4.78 is 13.5. The number of benzene rings is 1. The molecule has 1 fully saturated rings. The first-order valence-corrected chi connectivity index (χ1v) is 6.51. The van der Waals surface area contributed by atoms with E-state index < -0.39 is 5.82 Å². The van der Waals surface area contributed by atoms with Crippen LogP contribution in [0.4, 0.5) is 4.39 Å². The van der Waals surface area contributed by atoms with E-state index in [1.807, 2.05) is 12.1 Å². The number of carbonyl (C=O) groups is 1. The van der Waals surface area contributed by atoms with Crippen molar-refractivity contribution >= 4 is 5.78 Å². The molecule has 1 aromatic carbocycles. The molecule has 1 aromatic heterocycles. The van der Waals surface area contributed by atoms with Crippen molar-refractivity contribution in [3.8, 4) is 0 Å². The first kappa shape index (κ1) is 12.0. The minimum absolute atomic E-state index is 0.112. The number of hydrogen-bond acceptors (Lipinski definition) is 2. The average Bonchev–Trinajstić information content (AvgIpc) is 2.37. The Balaban J connectivity index is 1.86. The number of aromatic nitrogens is 1. The Kier molecular flexibility index (Phi) is 3.11. The SMILES string of the molecule is O=C(c1ccc(C2CCC2)cc1)c1ncccc1F. The molecule has 0 aliphatic heterocycles. The zero-order chi connectivity index (χ0) is 13.2. The fourth-order valence-electron chi connectivity index (χ4n) is 2.34. The van der Waals surface area contributed by atoms with E-state index in [4.69, 9.17) is 0 Å². The molecular weight excluding hydrogens is 241 g/mol. The monoisotopic (exact) mass is 255 g/mol. The van der Waals surface area contributed by atoms with Crippen LogP contribution in [0.5, 0.6) is 0 Å². The topological polar surface area (TPSA) is 30.0 Å². The number of rotatable bonds is 3. The predicted molar refractivity (Wildman–Crippen MR) is 70.7 cm³/mol. The van der Waals surface area contributed by atoms with Crippen molar-refractivity contribution < 1.29 is 9.18 Å². The van der Waals surface area contributed by atoms with E-state index >= 15 is 0 Å². The Morgan fingerprint density at radius 1 is 1.16 bits per heavy atom. The molecule has 0 amide bonds. The lowest BCUT2D eigenvalue weighted by Crippen LogP contribution is -2.10. The summed E-state index contributed by atoms with van der Waals surface area (Å²) in [4.78, 5) is 15.9. The van der Waals surface area contributed by atoms with Crippen LogP contribution in [-0.2, 0) is 0 Å². The summed E-state index contributed by atoms with van der Waals surface area (Å²) in [7, 11) is 0. The van der Waals surface area contributed by atoms with Crippen molar-refractivity contribution in [3.63, 3.8) is 0 Å². The van der Waals surface area contributed by atoms with E-state index in [0.29, 0.717) is 11.5 Å². The molecule has 0 atom stereocenters. The third-order valence-electron chi connectivity index (χ3n) is 3.72. The molecule has 0 unspecified atom stereocenters. The minimum atomic E-state index is -0.574. The summed E-state index contributed by atoms with van der Waals surface area (Å²) in [6, 6.07) is 10.2.